The molecule has 1 N–H and O–H groups in total. The number of hydrogen-bond donors (Lipinski definition) is 1. The van der Waals surface area contributed by atoms with Gasteiger partial charge in [0.15, 0.2) is 0 Å². The van der Waals surface area contributed by atoms with Crippen LogP contribution in [-0.2, 0) is 9.05 Å². The Morgan fingerprint density at radius 2 is 0.400 bits per heavy atom. The molecule has 0 unspecified atom stereocenters. The molecule has 0 spiro atoms. The van der Waals surface area contributed by atoms with Crippen molar-refractivity contribution in [2.24, 2.45) is 0 Å². The highest BCUT2D eigenvalue weighted by atomic mass is 31.2. The predicted octanol–water partition coefficient (Wildman–Crippen LogP) is 19.4. The molecule has 0 heterocycles. The minimum absolute atomic E-state index is 0.667. The lowest BCUT2D eigenvalue weighted by Crippen LogP contribution is -2.09. The SMILES string of the molecule is CCCCCCCCCCCCCCCCCO[P+](O)(CCCCCCCCCCCCCCCCC)OCCCCCCCCCCCCCCCCC. The van der Waals surface area contributed by atoms with Crippen LogP contribution in [0, 0.1) is 0 Å². The van der Waals surface area contributed by atoms with Gasteiger partial charge in [-0.15, -0.1) is 0 Å². The maximum absolute atomic E-state index is 11.5. The van der Waals surface area contributed by atoms with Gasteiger partial charge in [-0.25, -0.2) is 0 Å². The molecule has 0 aliphatic carbocycles. The van der Waals surface area contributed by atoms with E-state index in [9.17, 15) is 4.89 Å². The third kappa shape index (κ3) is 46.9. The molecule has 55 heavy (non-hydrogen) atoms. The van der Waals surface area contributed by atoms with Crippen LogP contribution >= 0.6 is 7.94 Å². The molecular formula is C51H106O3P+. The fourth-order valence-corrected chi connectivity index (χ4v) is 10.00. The minimum Gasteiger partial charge on any atom is -0.193 e. The molecule has 0 bridgehead atoms. The van der Waals surface area contributed by atoms with Crippen LogP contribution in [0.25, 0.3) is 0 Å². The molecule has 0 radical (unpaired) electrons. The van der Waals surface area contributed by atoms with Gasteiger partial charge in [0.05, 0.1) is 13.2 Å². The third-order valence-corrected chi connectivity index (χ3v) is 14.2. The van der Waals surface area contributed by atoms with Crippen molar-refractivity contribution in [3.63, 3.8) is 0 Å². The molecule has 0 rings (SSSR count). The van der Waals surface area contributed by atoms with Crippen LogP contribution in [0.2, 0.25) is 0 Å². The average molecular weight is 798 g/mol. The summed E-state index contributed by atoms with van der Waals surface area (Å²) in [6.07, 6.45) is 62.3. The van der Waals surface area contributed by atoms with Crippen LogP contribution in [0.1, 0.15) is 310 Å². The lowest BCUT2D eigenvalue weighted by atomic mass is 10.0. The molecule has 0 fully saturated rings. The van der Waals surface area contributed by atoms with Crippen molar-refractivity contribution in [3.05, 3.63) is 0 Å². The van der Waals surface area contributed by atoms with Crippen molar-refractivity contribution < 1.29 is 13.9 Å². The van der Waals surface area contributed by atoms with Crippen LogP contribution in [0.5, 0.6) is 0 Å². The monoisotopic (exact) mass is 798 g/mol. The first-order chi connectivity index (χ1) is 27.2. The Balaban J connectivity index is 4.07. The van der Waals surface area contributed by atoms with Crippen molar-refractivity contribution in [2.75, 3.05) is 19.4 Å². The van der Waals surface area contributed by atoms with Gasteiger partial charge in [-0.2, -0.15) is 13.9 Å². The summed E-state index contributed by atoms with van der Waals surface area (Å²) in [5, 5.41) is 0. The molecule has 0 atom stereocenters. The van der Waals surface area contributed by atoms with E-state index >= 15 is 0 Å². The van der Waals surface area contributed by atoms with Gasteiger partial charge in [0.25, 0.3) is 0 Å². The van der Waals surface area contributed by atoms with Crippen LogP contribution in [0.3, 0.4) is 0 Å². The normalized spacial score (nSPS) is 12.0. The summed E-state index contributed by atoms with van der Waals surface area (Å²) in [5.74, 6) is 0. The van der Waals surface area contributed by atoms with Gasteiger partial charge in [-0.1, -0.05) is 284 Å². The molecule has 332 valence electrons. The van der Waals surface area contributed by atoms with Crippen molar-refractivity contribution in [3.8, 4) is 0 Å². The van der Waals surface area contributed by atoms with E-state index in [1.165, 1.54) is 270 Å². The lowest BCUT2D eigenvalue weighted by Gasteiger charge is -2.17. The summed E-state index contributed by atoms with van der Waals surface area (Å²) in [4.78, 5) is 11.5. The van der Waals surface area contributed by atoms with Gasteiger partial charge in [0.2, 0.25) is 0 Å². The van der Waals surface area contributed by atoms with E-state index in [0.29, 0.717) is 13.2 Å². The third-order valence-electron chi connectivity index (χ3n) is 12.1. The summed E-state index contributed by atoms with van der Waals surface area (Å²) in [5.41, 5.74) is 0. The first kappa shape index (κ1) is 55.3. The fourth-order valence-electron chi connectivity index (χ4n) is 8.21. The second-order valence-electron chi connectivity index (χ2n) is 17.9. The highest BCUT2D eigenvalue weighted by Gasteiger charge is 2.39. The minimum atomic E-state index is -2.73. The maximum atomic E-state index is 11.5. The largest absolute Gasteiger partial charge is 0.408 e. The van der Waals surface area contributed by atoms with Gasteiger partial charge < -0.3 is 0 Å². The van der Waals surface area contributed by atoms with E-state index in [1.807, 2.05) is 0 Å². The van der Waals surface area contributed by atoms with Gasteiger partial charge in [0, 0.05) is 0 Å². The molecule has 0 aliphatic rings. The Hall–Kier alpha value is 0.310. The molecule has 0 aliphatic heterocycles. The first-order valence-corrected chi connectivity index (χ1v) is 27.8. The fraction of sp³-hybridized carbons (Fsp3) is 1.00. The molecule has 0 aromatic heterocycles. The standard InChI is InChI=1S/C51H106O3P/c1-4-7-10-13-16-19-22-25-28-31-34-37-40-43-46-49-53-55(52,51-48-45-42-39-36-33-30-27-24-21-18-15-12-9-6-3)54-50-47-44-41-38-35-32-29-26-23-20-17-14-11-8-5-2/h52H,4-51H2,1-3H3/q+1. The average Bonchev–Trinajstić information content (AvgIpc) is 3.19. The van der Waals surface area contributed by atoms with Gasteiger partial charge in [0.1, 0.15) is 6.16 Å². The lowest BCUT2D eigenvalue weighted by molar-refractivity contribution is 0.169. The Morgan fingerprint density at radius 3 is 0.600 bits per heavy atom. The molecule has 0 aromatic rings. The molecular weight excluding hydrogens is 692 g/mol. The van der Waals surface area contributed by atoms with Crippen molar-refractivity contribution in [1.29, 1.82) is 0 Å². The van der Waals surface area contributed by atoms with Gasteiger partial charge in [-0.05, 0) is 25.7 Å². The molecule has 0 saturated carbocycles. The van der Waals surface area contributed by atoms with Crippen LogP contribution in [-0.4, -0.2) is 24.3 Å². The summed E-state index contributed by atoms with van der Waals surface area (Å²) < 4.78 is 12.5. The number of unbranched alkanes of at least 4 members (excludes halogenated alkanes) is 42. The number of hydrogen-bond acceptors (Lipinski definition) is 3. The van der Waals surface area contributed by atoms with E-state index in [-0.39, 0.29) is 0 Å². The Labute approximate surface area is 349 Å². The van der Waals surface area contributed by atoms with Crippen molar-refractivity contribution in [2.45, 2.75) is 310 Å². The number of rotatable bonds is 50. The Kier molecular flexibility index (Phi) is 49.0. The van der Waals surface area contributed by atoms with E-state index in [1.54, 1.807) is 0 Å². The van der Waals surface area contributed by atoms with Crippen molar-refractivity contribution in [1.82, 2.24) is 0 Å². The van der Waals surface area contributed by atoms with Crippen molar-refractivity contribution >= 4 is 7.94 Å². The summed E-state index contributed by atoms with van der Waals surface area (Å²) in [6.45, 7) is 8.24. The predicted molar refractivity (Wildman–Crippen MR) is 251 cm³/mol. The van der Waals surface area contributed by atoms with Crippen LogP contribution in [0.15, 0.2) is 0 Å². The molecule has 0 aromatic carbocycles. The summed E-state index contributed by atoms with van der Waals surface area (Å²) >= 11 is 0. The van der Waals surface area contributed by atoms with E-state index in [2.05, 4.69) is 20.8 Å². The van der Waals surface area contributed by atoms with E-state index < -0.39 is 7.94 Å². The van der Waals surface area contributed by atoms with E-state index in [4.69, 9.17) is 9.05 Å². The van der Waals surface area contributed by atoms with Gasteiger partial charge >= 0.3 is 7.94 Å². The maximum Gasteiger partial charge on any atom is 0.408 e. The first-order valence-electron chi connectivity index (χ1n) is 26.1. The van der Waals surface area contributed by atoms with E-state index in [0.717, 1.165) is 25.4 Å². The summed E-state index contributed by atoms with van der Waals surface area (Å²) in [7, 11) is -2.73. The van der Waals surface area contributed by atoms with Crippen LogP contribution in [0.4, 0.5) is 0 Å². The molecule has 4 heteroatoms. The second kappa shape index (κ2) is 48.7. The van der Waals surface area contributed by atoms with Crippen LogP contribution < -0.4 is 0 Å². The van der Waals surface area contributed by atoms with Gasteiger partial charge in [-0.3, -0.25) is 0 Å². The highest BCUT2D eigenvalue weighted by Crippen LogP contribution is 2.58. The molecule has 3 nitrogen and oxygen atoms in total. The zero-order valence-corrected chi connectivity index (χ0v) is 39.5. The summed E-state index contributed by atoms with van der Waals surface area (Å²) in [6, 6.07) is 0. The second-order valence-corrected chi connectivity index (χ2v) is 20.1. The Morgan fingerprint density at radius 1 is 0.236 bits per heavy atom. The molecule has 0 saturated heterocycles. The Bertz CT molecular complexity index is 636. The smallest absolute Gasteiger partial charge is 0.193 e. The quantitative estimate of drug-likeness (QED) is 0.0492. The zero-order valence-electron chi connectivity index (χ0n) is 38.7. The zero-order chi connectivity index (χ0) is 39.9. The highest BCUT2D eigenvalue weighted by molar-refractivity contribution is 7.60. The molecule has 0 amide bonds. The topological polar surface area (TPSA) is 38.7 Å².